The van der Waals surface area contributed by atoms with Crippen molar-refractivity contribution in [3.8, 4) is 5.75 Å². The van der Waals surface area contributed by atoms with Crippen LogP contribution in [-0.2, 0) is 0 Å². The van der Waals surface area contributed by atoms with Gasteiger partial charge in [0.25, 0.3) is 5.82 Å². The molecular formula is C12H11ClN2O3. The Balaban J connectivity index is 0.000000184. The van der Waals surface area contributed by atoms with Crippen molar-refractivity contribution < 1.29 is 20.0 Å². The number of halogens is 1. The van der Waals surface area contributed by atoms with Crippen LogP contribution in [0.2, 0.25) is 5.02 Å². The number of carbonyl (C=O) groups is 1. The fourth-order valence-corrected chi connectivity index (χ4v) is 1.18. The van der Waals surface area contributed by atoms with Gasteiger partial charge >= 0.3 is 5.97 Å². The van der Waals surface area contributed by atoms with Gasteiger partial charge in [0.15, 0.2) is 0 Å². The summed E-state index contributed by atoms with van der Waals surface area (Å²) in [4.78, 5) is 13.0. The molecule has 0 radical (unpaired) electrons. The van der Waals surface area contributed by atoms with Crippen LogP contribution < -0.4 is 15.8 Å². The first-order valence-electron chi connectivity index (χ1n) is 4.92. The van der Waals surface area contributed by atoms with Crippen LogP contribution in [0.15, 0.2) is 42.6 Å². The summed E-state index contributed by atoms with van der Waals surface area (Å²) >= 11 is 5.52. The van der Waals surface area contributed by atoms with Gasteiger partial charge in [-0.25, -0.2) is 9.78 Å². The molecule has 1 aromatic carbocycles. The highest BCUT2D eigenvalue weighted by atomic mass is 35.5. The minimum Gasteiger partial charge on any atom is -0.872 e. The Morgan fingerprint density at radius 2 is 1.94 bits per heavy atom. The van der Waals surface area contributed by atoms with Crippen molar-refractivity contribution in [1.29, 1.82) is 0 Å². The molecule has 0 fully saturated rings. The molecule has 6 heteroatoms. The van der Waals surface area contributed by atoms with E-state index in [0.29, 0.717) is 10.8 Å². The maximum Gasteiger partial charge on any atom is 0.335 e. The van der Waals surface area contributed by atoms with Gasteiger partial charge in [0, 0.05) is 6.07 Å². The second-order valence-electron chi connectivity index (χ2n) is 3.26. The maximum atomic E-state index is 10.7. The van der Waals surface area contributed by atoms with Crippen LogP contribution in [0.5, 0.6) is 5.75 Å². The monoisotopic (exact) mass is 266 g/mol. The van der Waals surface area contributed by atoms with Gasteiger partial charge in [-0.05, 0) is 12.1 Å². The van der Waals surface area contributed by atoms with Crippen LogP contribution in [0.25, 0.3) is 0 Å². The zero-order valence-electron chi connectivity index (χ0n) is 9.26. The van der Waals surface area contributed by atoms with Crippen molar-refractivity contribution in [2.45, 2.75) is 0 Å². The van der Waals surface area contributed by atoms with Crippen LogP contribution in [0, 0.1) is 0 Å². The van der Waals surface area contributed by atoms with Crippen LogP contribution >= 0.6 is 11.6 Å². The Bertz CT molecular complexity index is 508. The van der Waals surface area contributed by atoms with E-state index in [0.717, 1.165) is 0 Å². The molecule has 0 atom stereocenters. The van der Waals surface area contributed by atoms with Crippen molar-refractivity contribution in [3.63, 3.8) is 0 Å². The van der Waals surface area contributed by atoms with Gasteiger partial charge in [-0.1, -0.05) is 35.5 Å². The highest BCUT2D eigenvalue weighted by Gasteiger charge is 1.99. The predicted molar refractivity (Wildman–Crippen MR) is 65.3 cm³/mol. The van der Waals surface area contributed by atoms with E-state index >= 15 is 0 Å². The molecule has 0 spiro atoms. The molecule has 4 N–H and O–H groups in total. The van der Waals surface area contributed by atoms with Gasteiger partial charge in [-0.2, -0.15) is 0 Å². The first-order valence-corrected chi connectivity index (χ1v) is 5.30. The number of H-pyrrole nitrogens is 1. The SMILES string of the molecule is Nc1ccc(Cl)c[nH+]1.O=C(O)c1ccccc1[O-]. The highest BCUT2D eigenvalue weighted by Crippen LogP contribution is 2.10. The van der Waals surface area contributed by atoms with E-state index in [2.05, 4.69) is 4.98 Å². The van der Waals surface area contributed by atoms with E-state index in [1.807, 2.05) is 0 Å². The van der Waals surface area contributed by atoms with E-state index < -0.39 is 11.7 Å². The summed E-state index contributed by atoms with van der Waals surface area (Å²) in [5.74, 6) is -1.00. The van der Waals surface area contributed by atoms with E-state index in [4.69, 9.17) is 22.4 Å². The van der Waals surface area contributed by atoms with Gasteiger partial charge in [0.1, 0.15) is 6.20 Å². The number of nitrogens with two attached hydrogens (primary N) is 1. The second kappa shape index (κ2) is 6.46. The summed E-state index contributed by atoms with van der Waals surface area (Å²) in [5.41, 5.74) is 5.13. The molecule has 0 aliphatic rings. The zero-order chi connectivity index (χ0) is 13.5. The number of aromatic nitrogens is 1. The second-order valence-corrected chi connectivity index (χ2v) is 3.70. The Hall–Kier alpha value is -2.27. The number of para-hydroxylation sites is 1. The molecule has 0 saturated heterocycles. The highest BCUT2D eigenvalue weighted by molar-refractivity contribution is 6.30. The number of benzene rings is 1. The first kappa shape index (κ1) is 13.8. The molecule has 2 aromatic rings. The molecule has 1 heterocycles. The number of pyridine rings is 1. The van der Waals surface area contributed by atoms with Crippen LogP contribution in [0.1, 0.15) is 10.4 Å². The van der Waals surface area contributed by atoms with Crippen molar-refractivity contribution in [2.75, 3.05) is 5.73 Å². The number of anilines is 1. The maximum absolute atomic E-state index is 10.7. The third kappa shape index (κ3) is 4.31. The molecule has 0 saturated carbocycles. The van der Waals surface area contributed by atoms with Crippen LogP contribution in [0.4, 0.5) is 5.82 Å². The number of aromatic amines is 1. The third-order valence-corrected chi connectivity index (χ3v) is 2.15. The summed E-state index contributed by atoms with van der Waals surface area (Å²) in [6, 6.07) is 8.98. The molecule has 1 aromatic heterocycles. The van der Waals surface area contributed by atoms with Crippen molar-refractivity contribution in [1.82, 2.24) is 0 Å². The molecule has 5 nitrogen and oxygen atoms in total. The molecule has 0 unspecified atom stereocenters. The molecule has 18 heavy (non-hydrogen) atoms. The minimum atomic E-state index is -1.18. The van der Waals surface area contributed by atoms with Gasteiger partial charge in [-0.15, -0.1) is 0 Å². The normalized spacial score (nSPS) is 9.17. The van der Waals surface area contributed by atoms with Crippen molar-refractivity contribution in [3.05, 3.63) is 53.2 Å². The van der Waals surface area contributed by atoms with Crippen LogP contribution in [0.3, 0.4) is 0 Å². The molecule has 0 aliphatic heterocycles. The number of rotatable bonds is 1. The van der Waals surface area contributed by atoms with E-state index in [1.54, 1.807) is 18.3 Å². The fourth-order valence-electron chi connectivity index (χ4n) is 1.06. The summed E-state index contributed by atoms with van der Waals surface area (Å²) in [5, 5.41) is 19.7. The van der Waals surface area contributed by atoms with E-state index in [1.165, 1.54) is 24.3 Å². The number of carboxylic acid groups (broad SMARTS) is 1. The molecule has 0 bridgehead atoms. The molecule has 0 aliphatic carbocycles. The number of carboxylic acids is 1. The number of aromatic carboxylic acids is 1. The summed E-state index contributed by atoms with van der Waals surface area (Å²) in [7, 11) is 0. The Morgan fingerprint density at radius 1 is 1.28 bits per heavy atom. The number of nitrogens with one attached hydrogen (secondary N) is 1. The quantitative estimate of drug-likeness (QED) is 0.810. The lowest BCUT2D eigenvalue weighted by Crippen LogP contribution is -2.07. The van der Waals surface area contributed by atoms with Crippen LogP contribution in [-0.4, -0.2) is 11.1 Å². The number of hydrogen-bond donors (Lipinski definition) is 2. The molecule has 94 valence electrons. The lowest BCUT2D eigenvalue weighted by Gasteiger charge is -2.07. The summed E-state index contributed by atoms with van der Waals surface area (Å²) < 4.78 is 0. The number of nitrogen functional groups attached to an aromatic ring is 1. The minimum absolute atomic E-state index is 0.178. The summed E-state index contributed by atoms with van der Waals surface area (Å²) in [6.07, 6.45) is 1.64. The Morgan fingerprint density at radius 3 is 2.33 bits per heavy atom. The zero-order valence-corrected chi connectivity index (χ0v) is 10.0. The Kier molecular flexibility index (Phi) is 4.95. The van der Waals surface area contributed by atoms with Gasteiger partial charge < -0.3 is 10.2 Å². The van der Waals surface area contributed by atoms with Crippen molar-refractivity contribution >= 4 is 23.4 Å². The standard InChI is InChI=1S/C7H6O3.C5H5ClN2/c8-6-4-2-1-3-5(6)7(9)10;6-4-1-2-5(7)8-3-4/h1-4,8H,(H,9,10);1-3H,(H2,7,8). The number of hydrogen-bond acceptors (Lipinski definition) is 3. The van der Waals surface area contributed by atoms with E-state index in [9.17, 15) is 9.90 Å². The van der Waals surface area contributed by atoms with Gasteiger partial charge in [0.05, 0.1) is 10.6 Å². The lowest BCUT2D eigenvalue weighted by atomic mass is 10.2. The lowest BCUT2D eigenvalue weighted by molar-refractivity contribution is -0.360. The first-order chi connectivity index (χ1) is 8.50. The van der Waals surface area contributed by atoms with E-state index in [-0.39, 0.29) is 5.56 Å². The molecule has 0 amide bonds. The third-order valence-electron chi connectivity index (χ3n) is 1.92. The molecular weight excluding hydrogens is 256 g/mol. The average molecular weight is 267 g/mol. The Labute approximate surface area is 108 Å². The van der Waals surface area contributed by atoms with Crippen molar-refractivity contribution in [2.24, 2.45) is 0 Å². The van der Waals surface area contributed by atoms with Gasteiger partial charge in [-0.3, -0.25) is 5.73 Å². The predicted octanol–water partition coefficient (Wildman–Crippen LogP) is 1.19. The molecule has 2 rings (SSSR count). The smallest absolute Gasteiger partial charge is 0.335 e. The summed E-state index contributed by atoms with van der Waals surface area (Å²) in [6.45, 7) is 0. The fraction of sp³-hybridized carbons (Fsp3) is 0. The topological polar surface area (TPSA) is 101 Å². The van der Waals surface area contributed by atoms with Gasteiger partial charge in [0.2, 0.25) is 0 Å². The average Bonchev–Trinajstić information content (AvgIpc) is 2.34. The largest absolute Gasteiger partial charge is 0.872 e.